The number of aromatic nitrogens is 1. The van der Waals surface area contributed by atoms with Crippen molar-refractivity contribution in [2.75, 3.05) is 0 Å². The molecule has 4 nitrogen and oxygen atoms in total. The molecular weight excluding hydrogens is 418 g/mol. The van der Waals surface area contributed by atoms with Crippen molar-refractivity contribution in [1.82, 2.24) is 4.57 Å². The average molecular weight is 429 g/mol. The second kappa shape index (κ2) is 6.59. The van der Waals surface area contributed by atoms with E-state index in [1.807, 2.05) is 18.2 Å². The van der Waals surface area contributed by atoms with E-state index in [1.165, 1.54) is 10.8 Å². The Morgan fingerprint density at radius 1 is 1.12 bits per heavy atom. The maximum absolute atomic E-state index is 12.9. The summed E-state index contributed by atoms with van der Waals surface area (Å²) < 4.78 is 7.97. The summed E-state index contributed by atoms with van der Waals surface area (Å²) in [6, 6.07) is 15.9. The van der Waals surface area contributed by atoms with Crippen molar-refractivity contribution in [2.45, 2.75) is 0 Å². The molecule has 2 aromatic carbocycles. The minimum Gasteiger partial charge on any atom is -0.451 e. The molecule has 0 saturated carbocycles. The first-order valence-corrected chi connectivity index (χ1v) is 8.91. The minimum atomic E-state index is -0.342. The Morgan fingerprint density at radius 3 is 2.69 bits per heavy atom. The Bertz CT molecular complexity index is 1160. The number of hydrogen-bond donors (Lipinski definition) is 0. The number of furan rings is 1. The van der Waals surface area contributed by atoms with Gasteiger partial charge in [-0.05, 0) is 52.3 Å². The highest BCUT2D eigenvalue weighted by Gasteiger charge is 2.19. The molecule has 4 rings (SSSR count). The topological polar surface area (TPSA) is 52.2 Å². The zero-order valence-corrected chi connectivity index (χ0v) is 15.6. The second-order valence-corrected chi connectivity index (χ2v) is 6.97. The van der Waals surface area contributed by atoms with Crippen molar-refractivity contribution in [2.24, 2.45) is 0 Å². The molecule has 2 aromatic heterocycles. The molecule has 0 atom stereocenters. The van der Waals surface area contributed by atoms with E-state index < -0.39 is 0 Å². The Labute approximate surface area is 162 Å². The molecule has 0 fully saturated rings. The van der Waals surface area contributed by atoms with E-state index in [0.717, 1.165) is 21.7 Å². The van der Waals surface area contributed by atoms with Crippen LogP contribution >= 0.6 is 27.5 Å². The molecule has 6 heteroatoms. The van der Waals surface area contributed by atoms with Crippen molar-refractivity contribution in [3.63, 3.8) is 0 Å². The molecule has 0 aliphatic rings. The number of halogens is 2. The van der Waals surface area contributed by atoms with Crippen LogP contribution in [0, 0.1) is 0 Å². The van der Waals surface area contributed by atoms with E-state index >= 15 is 0 Å². The Balaban J connectivity index is 1.77. The van der Waals surface area contributed by atoms with Gasteiger partial charge in [-0.3, -0.25) is 14.2 Å². The van der Waals surface area contributed by atoms with Gasteiger partial charge in [0.1, 0.15) is 5.76 Å². The molecule has 0 radical (unpaired) electrons. The third kappa shape index (κ3) is 2.79. The number of para-hydroxylation sites is 1. The first kappa shape index (κ1) is 16.8. The lowest BCUT2D eigenvalue weighted by Gasteiger charge is -2.03. The normalized spacial score (nSPS) is 11.0. The number of hydrogen-bond acceptors (Lipinski definition) is 3. The van der Waals surface area contributed by atoms with Crippen molar-refractivity contribution in [1.29, 1.82) is 0 Å². The summed E-state index contributed by atoms with van der Waals surface area (Å²) in [6.07, 6.45) is 2.27. The van der Waals surface area contributed by atoms with Crippen molar-refractivity contribution in [3.8, 4) is 11.3 Å². The number of nitrogens with zero attached hydrogens (tertiary/aromatic N) is 1. The van der Waals surface area contributed by atoms with Gasteiger partial charge in [0.25, 0.3) is 5.91 Å². The van der Waals surface area contributed by atoms with E-state index in [4.69, 9.17) is 16.0 Å². The fraction of sp³-hybridized carbons (Fsp3) is 0. The lowest BCUT2D eigenvalue weighted by molar-refractivity contribution is 0.0938. The summed E-state index contributed by atoms with van der Waals surface area (Å²) in [5.74, 6) is 0.384. The van der Waals surface area contributed by atoms with Gasteiger partial charge >= 0.3 is 0 Å². The first-order valence-electron chi connectivity index (χ1n) is 7.73. The predicted octanol–water partition coefficient (Wildman–Crippen LogP) is 5.82. The summed E-state index contributed by atoms with van der Waals surface area (Å²) in [5, 5.41) is 1.33. The van der Waals surface area contributed by atoms with Crippen LogP contribution in [0.15, 0.2) is 69.7 Å². The van der Waals surface area contributed by atoms with E-state index in [1.54, 1.807) is 36.4 Å². The van der Waals surface area contributed by atoms with Crippen LogP contribution in [0.5, 0.6) is 0 Å². The summed E-state index contributed by atoms with van der Waals surface area (Å²) >= 11 is 9.41. The van der Waals surface area contributed by atoms with Crippen LogP contribution in [-0.4, -0.2) is 16.8 Å². The third-order valence-electron chi connectivity index (χ3n) is 4.10. The monoisotopic (exact) mass is 427 g/mol. The zero-order chi connectivity index (χ0) is 18.3. The molecule has 0 spiro atoms. The molecule has 0 N–H and O–H groups in total. The molecule has 0 aliphatic heterocycles. The van der Waals surface area contributed by atoms with Crippen molar-refractivity contribution < 1.29 is 14.0 Å². The second-order valence-electron chi connectivity index (χ2n) is 5.68. The van der Waals surface area contributed by atoms with Gasteiger partial charge in [0.05, 0.1) is 5.52 Å². The molecule has 0 aliphatic carbocycles. The van der Waals surface area contributed by atoms with E-state index in [9.17, 15) is 9.59 Å². The van der Waals surface area contributed by atoms with Gasteiger partial charge in [-0.25, -0.2) is 0 Å². The Kier molecular flexibility index (Phi) is 4.26. The number of aldehydes is 1. The van der Waals surface area contributed by atoms with Crippen molar-refractivity contribution >= 4 is 50.6 Å². The Hall–Kier alpha value is -2.63. The standard InChI is InChI=1S/C20H11BrClNO3/c21-16-9-13(22)5-6-15(16)18-7-8-19(26-18)20(25)23-10-12(11-24)14-3-1-2-4-17(14)23/h1-11H. The van der Waals surface area contributed by atoms with Gasteiger partial charge in [0.15, 0.2) is 12.0 Å². The minimum absolute atomic E-state index is 0.181. The van der Waals surface area contributed by atoms with Gasteiger partial charge in [-0.1, -0.05) is 29.8 Å². The van der Waals surface area contributed by atoms with Crippen LogP contribution in [0.25, 0.3) is 22.2 Å². The quantitative estimate of drug-likeness (QED) is 0.386. The summed E-state index contributed by atoms with van der Waals surface area (Å²) in [6.45, 7) is 0. The fourth-order valence-electron chi connectivity index (χ4n) is 2.87. The average Bonchev–Trinajstić information content (AvgIpc) is 3.26. The largest absolute Gasteiger partial charge is 0.451 e. The number of carbonyl (C=O) groups excluding carboxylic acids is 2. The molecule has 26 heavy (non-hydrogen) atoms. The highest BCUT2D eigenvalue weighted by Crippen LogP contribution is 2.32. The maximum atomic E-state index is 12.9. The van der Waals surface area contributed by atoms with Crippen molar-refractivity contribution in [3.05, 3.63) is 81.6 Å². The maximum Gasteiger partial charge on any atom is 0.298 e. The zero-order valence-electron chi connectivity index (χ0n) is 13.3. The SMILES string of the molecule is O=Cc1cn(C(=O)c2ccc(-c3ccc(Cl)cc3Br)o2)c2ccccc12. The van der Waals surface area contributed by atoms with E-state index in [-0.39, 0.29) is 11.7 Å². The van der Waals surface area contributed by atoms with Crippen LogP contribution in [0.4, 0.5) is 0 Å². The van der Waals surface area contributed by atoms with Gasteiger partial charge in [-0.15, -0.1) is 0 Å². The number of benzene rings is 2. The number of fused-ring (bicyclic) bond motifs is 1. The van der Waals surface area contributed by atoms with Crippen LogP contribution in [-0.2, 0) is 0 Å². The van der Waals surface area contributed by atoms with Gasteiger partial charge in [0.2, 0.25) is 0 Å². The Morgan fingerprint density at radius 2 is 1.92 bits per heavy atom. The number of rotatable bonds is 3. The van der Waals surface area contributed by atoms with Crippen LogP contribution in [0.3, 0.4) is 0 Å². The molecule has 4 aromatic rings. The summed E-state index contributed by atoms with van der Waals surface area (Å²) in [5.41, 5.74) is 1.91. The summed E-state index contributed by atoms with van der Waals surface area (Å²) in [4.78, 5) is 24.2. The highest BCUT2D eigenvalue weighted by atomic mass is 79.9. The smallest absolute Gasteiger partial charge is 0.298 e. The molecule has 0 saturated heterocycles. The highest BCUT2D eigenvalue weighted by molar-refractivity contribution is 9.10. The molecular formula is C20H11BrClNO3. The van der Waals surface area contributed by atoms with E-state index in [2.05, 4.69) is 15.9 Å². The number of carbonyl (C=O) groups is 2. The molecule has 0 bridgehead atoms. The first-order chi connectivity index (χ1) is 12.6. The molecule has 128 valence electrons. The lowest BCUT2D eigenvalue weighted by atomic mass is 10.2. The third-order valence-corrected chi connectivity index (χ3v) is 4.99. The van der Waals surface area contributed by atoms with Gasteiger partial charge in [-0.2, -0.15) is 0 Å². The van der Waals surface area contributed by atoms with E-state index in [0.29, 0.717) is 21.9 Å². The van der Waals surface area contributed by atoms with Crippen LogP contribution in [0.1, 0.15) is 20.9 Å². The summed E-state index contributed by atoms with van der Waals surface area (Å²) in [7, 11) is 0. The molecule has 2 heterocycles. The fourth-order valence-corrected chi connectivity index (χ4v) is 3.75. The van der Waals surface area contributed by atoms with Gasteiger partial charge in [0, 0.05) is 32.2 Å². The van der Waals surface area contributed by atoms with Crippen LogP contribution < -0.4 is 0 Å². The lowest BCUT2D eigenvalue weighted by Crippen LogP contribution is -2.09. The molecule has 0 unspecified atom stereocenters. The molecule has 0 amide bonds. The van der Waals surface area contributed by atoms with Gasteiger partial charge < -0.3 is 4.42 Å². The predicted molar refractivity (Wildman–Crippen MR) is 104 cm³/mol. The van der Waals surface area contributed by atoms with Crippen LogP contribution in [0.2, 0.25) is 5.02 Å².